The molecule has 94 valence electrons. The zero-order valence-electron chi connectivity index (χ0n) is 10.3. The summed E-state index contributed by atoms with van der Waals surface area (Å²) in [5, 5.41) is 0. The molecule has 0 N–H and O–H groups in total. The van der Waals surface area contributed by atoms with Gasteiger partial charge in [0.15, 0.2) is 0 Å². The number of halogens is 1. The summed E-state index contributed by atoms with van der Waals surface area (Å²) in [6.45, 7) is 5.96. The van der Waals surface area contributed by atoms with Crippen molar-refractivity contribution in [3.63, 3.8) is 0 Å². The van der Waals surface area contributed by atoms with Crippen molar-refractivity contribution in [1.29, 1.82) is 0 Å². The predicted octanol–water partition coefficient (Wildman–Crippen LogP) is 2.33. The maximum absolute atomic E-state index is 5.88. The Labute approximate surface area is 107 Å². The molecule has 1 atom stereocenters. The van der Waals surface area contributed by atoms with Crippen LogP contribution in [0.15, 0.2) is 12.4 Å². The Morgan fingerprint density at radius 1 is 1.53 bits per heavy atom. The zero-order chi connectivity index (χ0) is 12.3. The molecule has 4 nitrogen and oxygen atoms in total. The minimum atomic E-state index is 0.131. The molecule has 0 amide bonds. The van der Waals surface area contributed by atoms with Gasteiger partial charge in [-0.2, -0.15) is 0 Å². The SMILES string of the molecule is CC(C)Oc1cc(N2CCC(CCl)C2)ncn1. The van der Waals surface area contributed by atoms with Crippen LogP contribution >= 0.6 is 11.6 Å². The Morgan fingerprint density at radius 2 is 2.35 bits per heavy atom. The van der Waals surface area contributed by atoms with Crippen LogP contribution in [0.1, 0.15) is 20.3 Å². The number of anilines is 1. The van der Waals surface area contributed by atoms with Gasteiger partial charge >= 0.3 is 0 Å². The highest BCUT2D eigenvalue weighted by molar-refractivity contribution is 6.18. The van der Waals surface area contributed by atoms with Crippen LogP contribution in [0.5, 0.6) is 5.88 Å². The highest BCUT2D eigenvalue weighted by Crippen LogP contribution is 2.24. The monoisotopic (exact) mass is 255 g/mol. The van der Waals surface area contributed by atoms with Crippen LogP contribution in [0, 0.1) is 5.92 Å². The summed E-state index contributed by atoms with van der Waals surface area (Å²) in [7, 11) is 0. The highest BCUT2D eigenvalue weighted by Gasteiger charge is 2.23. The Morgan fingerprint density at radius 3 is 3.00 bits per heavy atom. The highest BCUT2D eigenvalue weighted by atomic mass is 35.5. The van der Waals surface area contributed by atoms with Crippen LogP contribution in [-0.2, 0) is 0 Å². The smallest absolute Gasteiger partial charge is 0.218 e. The molecule has 1 aromatic rings. The largest absolute Gasteiger partial charge is 0.475 e. The summed E-state index contributed by atoms with van der Waals surface area (Å²) in [5.41, 5.74) is 0. The third-order valence-electron chi connectivity index (χ3n) is 2.81. The Kier molecular flexibility index (Phi) is 4.05. The molecule has 1 fully saturated rings. The van der Waals surface area contributed by atoms with Crippen LogP contribution in [0.3, 0.4) is 0 Å². The number of nitrogens with zero attached hydrogens (tertiary/aromatic N) is 3. The average molecular weight is 256 g/mol. The third-order valence-corrected chi connectivity index (χ3v) is 3.25. The molecular formula is C12H18ClN3O. The Bertz CT molecular complexity index is 373. The summed E-state index contributed by atoms with van der Waals surface area (Å²) in [4.78, 5) is 10.6. The summed E-state index contributed by atoms with van der Waals surface area (Å²) < 4.78 is 5.56. The van der Waals surface area contributed by atoms with Crippen molar-refractivity contribution in [3.05, 3.63) is 12.4 Å². The summed E-state index contributed by atoms with van der Waals surface area (Å²) >= 11 is 5.88. The van der Waals surface area contributed by atoms with Gasteiger partial charge in [0.25, 0.3) is 0 Å². The van der Waals surface area contributed by atoms with Crippen LogP contribution in [-0.4, -0.2) is 35.0 Å². The van der Waals surface area contributed by atoms with Gasteiger partial charge in [0.2, 0.25) is 5.88 Å². The van der Waals surface area contributed by atoms with E-state index in [1.807, 2.05) is 19.9 Å². The fourth-order valence-corrected chi connectivity index (χ4v) is 2.23. The quantitative estimate of drug-likeness (QED) is 0.774. The Balaban J connectivity index is 2.06. The Hall–Kier alpha value is -1.03. The first-order chi connectivity index (χ1) is 8.19. The van der Waals surface area contributed by atoms with Crippen molar-refractivity contribution in [2.75, 3.05) is 23.9 Å². The number of hydrogen-bond acceptors (Lipinski definition) is 4. The van der Waals surface area contributed by atoms with Gasteiger partial charge in [0.1, 0.15) is 12.1 Å². The lowest BCUT2D eigenvalue weighted by molar-refractivity contribution is 0.232. The molecule has 1 saturated heterocycles. The van der Waals surface area contributed by atoms with E-state index in [1.165, 1.54) is 0 Å². The minimum Gasteiger partial charge on any atom is -0.475 e. The topological polar surface area (TPSA) is 38.2 Å². The van der Waals surface area contributed by atoms with Gasteiger partial charge in [-0.05, 0) is 26.2 Å². The average Bonchev–Trinajstić information content (AvgIpc) is 2.77. The lowest BCUT2D eigenvalue weighted by Gasteiger charge is -2.17. The van der Waals surface area contributed by atoms with Gasteiger partial charge in [0.05, 0.1) is 6.10 Å². The fraction of sp³-hybridized carbons (Fsp3) is 0.667. The van der Waals surface area contributed by atoms with Crippen molar-refractivity contribution in [2.45, 2.75) is 26.4 Å². The van der Waals surface area contributed by atoms with E-state index >= 15 is 0 Å². The van der Waals surface area contributed by atoms with E-state index in [2.05, 4.69) is 14.9 Å². The van der Waals surface area contributed by atoms with E-state index in [-0.39, 0.29) is 6.10 Å². The van der Waals surface area contributed by atoms with E-state index in [0.717, 1.165) is 31.2 Å². The maximum Gasteiger partial charge on any atom is 0.218 e. The minimum absolute atomic E-state index is 0.131. The van der Waals surface area contributed by atoms with Gasteiger partial charge in [-0.15, -0.1) is 11.6 Å². The summed E-state index contributed by atoms with van der Waals surface area (Å²) in [5.74, 6) is 2.86. The molecule has 1 aliphatic rings. The number of aromatic nitrogens is 2. The third kappa shape index (κ3) is 3.22. The molecule has 0 aromatic carbocycles. The maximum atomic E-state index is 5.88. The molecule has 1 aromatic heterocycles. The lowest BCUT2D eigenvalue weighted by Crippen LogP contribution is -2.21. The van der Waals surface area contributed by atoms with E-state index in [1.54, 1.807) is 6.33 Å². The molecule has 17 heavy (non-hydrogen) atoms. The molecule has 0 spiro atoms. The molecule has 0 radical (unpaired) electrons. The second-order valence-corrected chi connectivity index (χ2v) is 4.94. The van der Waals surface area contributed by atoms with E-state index < -0.39 is 0 Å². The first-order valence-corrected chi connectivity index (χ1v) is 6.52. The van der Waals surface area contributed by atoms with Crippen molar-refractivity contribution < 1.29 is 4.74 Å². The van der Waals surface area contributed by atoms with Gasteiger partial charge in [-0.25, -0.2) is 9.97 Å². The van der Waals surface area contributed by atoms with Gasteiger partial charge in [-0.1, -0.05) is 0 Å². The normalized spacial score (nSPS) is 20.0. The molecule has 0 saturated carbocycles. The van der Waals surface area contributed by atoms with Gasteiger partial charge in [-0.3, -0.25) is 0 Å². The van der Waals surface area contributed by atoms with Crippen LogP contribution in [0.2, 0.25) is 0 Å². The first kappa shape index (κ1) is 12.4. The fourth-order valence-electron chi connectivity index (χ4n) is 1.98. The first-order valence-electron chi connectivity index (χ1n) is 5.98. The molecule has 2 rings (SSSR count). The molecule has 1 aliphatic heterocycles. The standard InChI is InChI=1S/C12H18ClN3O/c1-9(2)17-12-5-11(14-8-15-12)16-4-3-10(6-13)7-16/h5,8-10H,3-4,6-7H2,1-2H3. The van der Waals surface area contributed by atoms with Crippen molar-refractivity contribution >= 4 is 17.4 Å². The van der Waals surface area contributed by atoms with Gasteiger partial charge < -0.3 is 9.64 Å². The molecule has 5 heteroatoms. The number of hydrogen-bond donors (Lipinski definition) is 0. The van der Waals surface area contributed by atoms with E-state index in [9.17, 15) is 0 Å². The van der Waals surface area contributed by atoms with Crippen molar-refractivity contribution in [3.8, 4) is 5.88 Å². The molecule has 0 aliphatic carbocycles. The predicted molar refractivity (Wildman–Crippen MR) is 68.8 cm³/mol. The van der Waals surface area contributed by atoms with E-state index in [4.69, 9.17) is 16.3 Å². The zero-order valence-corrected chi connectivity index (χ0v) is 11.0. The second-order valence-electron chi connectivity index (χ2n) is 4.64. The van der Waals surface area contributed by atoms with Crippen LogP contribution < -0.4 is 9.64 Å². The van der Waals surface area contributed by atoms with Crippen molar-refractivity contribution in [1.82, 2.24) is 9.97 Å². The lowest BCUT2D eigenvalue weighted by atomic mass is 10.2. The van der Waals surface area contributed by atoms with Gasteiger partial charge in [0, 0.05) is 25.0 Å². The van der Waals surface area contributed by atoms with Crippen molar-refractivity contribution in [2.24, 2.45) is 5.92 Å². The van der Waals surface area contributed by atoms with Crippen LogP contribution in [0.4, 0.5) is 5.82 Å². The summed E-state index contributed by atoms with van der Waals surface area (Å²) in [6.07, 6.45) is 2.82. The molecule has 0 bridgehead atoms. The summed E-state index contributed by atoms with van der Waals surface area (Å²) in [6, 6.07) is 1.90. The van der Waals surface area contributed by atoms with E-state index in [0.29, 0.717) is 11.8 Å². The number of ether oxygens (including phenoxy) is 1. The molecular weight excluding hydrogens is 238 g/mol. The number of rotatable bonds is 4. The molecule has 1 unspecified atom stereocenters. The van der Waals surface area contributed by atoms with Crippen LogP contribution in [0.25, 0.3) is 0 Å². The number of alkyl halides is 1. The second kappa shape index (κ2) is 5.54. The molecule has 2 heterocycles.